The second-order valence-corrected chi connectivity index (χ2v) is 37.7. The molecule has 0 atom stereocenters. The number of nitrogens with zero attached hydrogens (tertiary/aromatic N) is 8. The smallest absolute Gasteiger partial charge is 0.195 e. The van der Waals surface area contributed by atoms with Gasteiger partial charge in [0.2, 0.25) is 0 Å². The minimum absolute atomic E-state index is 0.0882. The molecule has 4 aliphatic rings. The monoisotopic (exact) mass is 1530 g/mol. The summed E-state index contributed by atoms with van der Waals surface area (Å²) in [5.41, 5.74) is 13.8. The molecule has 0 fully saturated rings. The van der Waals surface area contributed by atoms with Crippen LogP contribution in [0.4, 0.5) is 5.69 Å². The van der Waals surface area contributed by atoms with Crippen LogP contribution in [0, 0.1) is 73.0 Å². The van der Waals surface area contributed by atoms with Gasteiger partial charge in [-0.15, -0.1) is 113 Å². The van der Waals surface area contributed by atoms with Crippen LogP contribution in [0.2, 0.25) is 0 Å². The minimum atomic E-state index is -0.643. The summed E-state index contributed by atoms with van der Waals surface area (Å²) < 4.78 is 27.3. The Morgan fingerprint density at radius 1 is 0.422 bits per heavy atom. The van der Waals surface area contributed by atoms with Gasteiger partial charge >= 0.3 is 0 Å². The van der Waals surface area contributed by atoms with Crippen molar-refractivity contribution in [3.8, 4) is 64.7 Å². The van der Waals surface area contributed by atoms with Crippen molar-refractivity contribution >= 4 is 215 Å². The number of carbonyl (C=O) groups is 2. The van der Waals surface area contributed by atoms with Gasteiger partial charge in [-0.3, -0.25) is 9.59 Å². The number of ketones is 2. The van der Waals surface area contributed by atoms with Crippen molar-refractivity contribution in [2.75, 3.05) is 5.32 Å². The largest absolute Gasteiger partial charge is 0.359 e. The number of carbonyl (C=O) groups excluding carboxylic acids is 2. The van der Waals surface area contributed by atoms with Crippen LogP contribution in [0.25, 0.3) is 102 Å². The molecule has 0 saturated heterocycles. The van der Waals surface area contributed by atoms with E-state index in [0.717, 1.165) is 54.7 Å². The van der Waals surface area contributed by atoms with Crippen molar-refractivity contribution in [2.45, 2.75) is 44.9 Å². The van der Waals surface area contributed by atoms with Crippen molar-refractivity contribution in [1.82, 2.24) is 17.5 Å². The SMILES string of the molecule is Cc1ccc(C2(c3ccc(C)s3)c3c(sc4cc(-c5ccc(C/C=C6\C(=O)c7ccccc7C6=C(C#N)C#N)c6nsnc56)sc34)-c3sc4c5c(sc4c32)-c2sc3cc(-c4ccc(N/C=C6\C(=O)c7ccccc7C6=C(C#N)C#N)c6nsnc46)sc3c2C5(c2ccc(C)s2)c2ccc(C)s2)s1. The third kappa shape index (κ3) is 8.44. The van der Waals surface area contributed by atoms with E-state index in [1.807, 2.05) is 156 Å². The summed E-state index contributed by atoms with van der Waals surface area (Å²) in [6, 6.07) is 54.1. The number of aryl methyl sites for hydroxylation is 4. The number of nitrogens with one attached hydrogen (secondary N) is 1. The van der Waals surface area contributed by atoms with Crippen LogP contribution < -0.4 is 5.32 Å². The second kappa shape index (κ2) is 22.9. The molecule has 0 aliphatic heterocycles. The highest BCUT2D eigenvalue weighted by molar-refractivity contribution is 7.38. The van der Waals surface area contributed by atoms with E-state index in [9.17, 15) is 30.6 Å². The number of fused-ring (bicyclic) bond motifs is 17. The van der Waals surface area contributed by atoms with Gasteiger partial charge < -0.3 is 5.32 Å². The first kappa shape index (κ1) is 62.2. The molecule has 1 N–H and O–H groups in total. The molecule has 23 heteroatoms. The molecule has 12 heterocycles. The van der Waals surface area contributed by atoms with Gasteiger partial charge in [0.1, 0.15) is 57.5 Å². The summed E-state index contributed by atoms with van der Waals surface area (Å²) in [6.07, 6.45) is 3.79. The Kier molecular flexibility index (Phi) is 14.0. The van der Waals surface area contributed by atoms with E-state index in [2.05, 4.69) is 112 Å². The minimum Gasteiger partial charge on any atom is -0.359 e. The van der Waals surface area contributed by atoms with E-state index in [0.29, 0.717) is 56.6 Å². The van der Waals surface area contributed by atoms with Crippen molar-refractivity contribution in [2.24, 2.45) is 0 Å². The lowest BCUT2D eigenvalue weighted by atomic mass is 9.75. The number of anilines is 1. The molecule has 12 aromatic heterocycles. The molecule has 484 valence electrons. The lowest BCUT2D eigenvalue weighted by Crippen LogP contribution is -2.26. The van der Waals surface area contributed by atoms with E-state index >= 15 is 0 Å². The van der Waals surface area contributed by atoms with Crippen molar-refractivity contribution in [3.63, 3.8) is 0 Å². The molecule has 0 amide bonds. The number of Topliss-reactive ketones (excluding diaryl/α,β-unsaturated/α-hetero) is 2. The van der Waals surface area contributed by atoms with E-state index in [1.54, 1.807) is 48.7 Å². The number of thiophene rings is 10. The Bertz CT molecular complexity index is 6320. The zero-order valence-electron chi connectivity index (χ0n) is 53.4. The van der Waals surface area contributed by atoms with Crippen LogP contribution in [-0.4, -0.2) is 29.1 Å². The molecule has 0 unspecified atom stereocenters. The predicted molar refractivity (Wildman–Crippen MR) is 425 cm³/mol. The van der Waals surface area contributed by atoms with Gasteiger partial charge in [-0.2, -0.15) is 38.5 Å². The van der Waals surface area contributed by atoms with E-state index < -0.39 is 10.8 Å². The van der Waals surface area contributed by atoms with Crippen LogP contribution in [0.15, 0.2) is 168 Å². The summed E-state index contributed by atoms with van der Waals surface area (Å²) in [5.74, 6) is -0.467. The quantitative estimate of drug-likeness (QED) is 0.101. The van der Waals surface area contributed by atoms with Crippen LogP contribution in [0.3, 0.4) is 0 Å². The average molecular weight is 1530 g/mol. The van der Waals surface area contributed by atoms with Crippen LogP contribution in [-0.2, 0) is 17.3 Å². The van der Waals surface area contributed by atoms with Gasteiger partial charge in [0.15, 0.2) is 11.6 Å². The van der Waals surface area contributed by atoms with E-state index in [4.69, 9.17) is 17.5 Å². The standard InChI is InChI=1S/C79H39N9O2S12/c1-34-13-23-54(91-34)78(55-24-14-35(2)92-55)60-70-52(27-50(95-70)45-19-17-38(64-65(45)86-101-85-64)18-20-47-58(39(29-80)30-81)41-9-5-7-11-43(41)68(47)89)97-72(60)74-62(78)76-77(99-74)63-75(100-76)73-61(79(63,56-25-15-36(3)93-56)57-26-16-37(4)94-57)71-53(98-73)28-51(96-71)46-21-22-49(67-66(46)87-102-88-67)84-33-48-59(40(31-82)32-83)42-10-6-8-12-44(42)69(48)90/h5-17,19-28,33,84H,18H2,1-4H3/b47-20-,48-33-. The number of nitriles is 4. The first-order valence-corrected chi connectivity index (χ1v) is 41.5. The number of hydrogen-bond acceptors (Lipinski definition) is 23. The fourth-order valence-corrected chi connectivity index (χ4v) is 30.2. The Morgan fingerprint density at radius 2 is 0.824 bits per heavy atom. The summed E-state index contributed by atoms with van der Waals surface area (Å²) >= 11 is 21.3. The van der Waals surface area contributed by atoms with Gasteiger partial charge in [0.25, 0.3) is 0 Å². The third-order valence-electron chi connectivity index (χ3n) is 19.8. The van der Waals surface area contributed by atoms with Crippen LogP contribution >= 0.6 is 137 Å². The second-order valence-electron chi connectivity index (χ2n) is 25.2. The third-order valence-corrected chi connectivity index (χ3v) is 33.1. The zero-order chi connectivity index (χ0) is 68.9. The maximum Gasteiger partial charge on any atom is 0.195 e. The number of aromatic nitrogens is 4. The highest BCUT2D eigenvalue weighted by Crippen LogP contribution is 2.74. The molecule has 0 radical (unpaired) electrons. The van der Waals surface area contributed by atoms with Crippen molar-refractivity contribution < 1.29 is 9.59 Å². The summed E-state index contributed by atoms with van der Waals surface area (Å²) in [5, 5.41) is 43.5. The number of hydrogen-bond donors (Lipinski definition) is 1. The molecule has 102 heavy (non-hydrogen) atoms. The number of allylic oxidation sites excluding steroid dienone is 7. The molecule has 16 aromatic rings. The fourth-order valence-electron chi connectivity index (χ4n) is 15.6. The lowest BCUT2D eigenvalue weighted by Gasteiger charge is -2.30. The number of rotatable bonds is 10. The first-order chi connectivity index (χ1) is 49.8. The van der Waals surface area contributed by atoms with Gasteiger partial charge in [-0.1, -0.05) is 66.7 Å². The molecular formula is C79H39N9O2S12. The molecule has 0 spiro atoms. The zero-order valence-corrected chi connectivity index (χ0v) is 63.2. The Balaban J connectivity index is 0.742. The normalized spacial score (nSPS) is 15.3. The summed E-state index contributed by atoms with van der Waals surface area (Å²) in [6.45, 7) is 8.92. The van der Waals surface area contributed by atoms with Gasteiger partial charge in [0.05, 0.1) is 78.3 Å². The highest BCUT2D eigenvalue weighted by Gasteiger charge is 2.58. The summed E-state index contributed by atoms with van der Waals surface area (Å²) in [7, 11) is 0. The molecule has 0 saturated carbocycles. The van der Waals surface area contributed by atoms with Gasteiger partial charge in [-0.05, 0) is 124 Å². The molecule has 0 bridgehead atoms. The topological polar surface area (TPSA) is 193 Å². The Labute approximate surface area is 629 Å². The van der Waals surface area contributed by atoms with E-state index in [1.165, 1.54) is 121 Å². The molecule has 11 nitrogen and oxygen atoms in total. The molecule has 4 aliphatic carbocycles. The molecule has 20 rings (SSSR count). The van der Waals surface area contributed by atoms with Crippen molar-refractivity contribution in [1.29, 1.82) is 21.0 Å². The van der Waals surface area contributed by atoms with Gasteiger partial charge in [0, 0.05) is 131 Å². The average Bonchev–Trinajstić information content (AvgIpc) is 1.48. The Morgan fingerprint density at radius 3 is 1.28 bits per heavy atom. The predicted octanol–water partition coefficient (Wildman–Crippen LogP) is 23.2. The lowest BCUT2D eigenvalue weighted by molar-refractivity contribution is 0.103. The van der Waals surface area contributed by atoms with Gasteiger partial charge in [-0.25, -0.2) is 0 Å². The molecular weight excluding hydrogens is 1490 g/mol. The highest BCUT2D eigenvalue weighted by atomic mass is 32.1. The maximum absolute atomic E-state index is 13.9. The number of benzene rings is 4. The van der Waals surface area contributed by atoms with Crippen LogP contribution in [0.5, 0.6) is 0 Å². The van der Waals surface area contributed by atoms with Crippen LogP contribution in [0.1, 0.15) is 98.7 Å². The maximum atomic E-state index is 13.9. The Hall–Kier alpha value is -9.64. The van der Waals surface area contributed by atoms with E-state index in [-0.39, 0.29) is 28.3 Å². The fraction of sp³-hybridized carbons (Fsp3) is 0.0886. The van der Waals surface area contributed by atoms with Crippen molar-refractivity contribution in [3.05, 3.63) is 257 Å². The summed E-state index contributed by atoms with van der Waals surface area (Å²) in [4.78, 5) is 45.6. The first-order valence-electron chi connectivity index (χ1n) is 31.9. The molecule has 4 aromatic carbocycles.